The Morgan fingerprint density at radius 1 is 1.81 bits per heavy atom. The molecule has 0 aromatic carbocycles. The van der Waals surface area contributed by atoms with E-state index in [1.54, 1.807) is 31.2 Å². The maximum Gasteiger partial charge on any atom is 0.323 e. The molecule has 16 heavy (non-hydrogen) atoms. The van der Waals surface area contributed by atoms with E-state index in [1.165, 1.54) is 11.3 Å². The first kappa shape index (κ1) is 13.4. The van der Waals surface area contributed by atoms with Crippen LogP contribution in [0.25, 0.3) is 0 Å². The van der Waals surface area contributed by atoms with Gasteiger partial charge in [0.25, 0.3) is 0 Å². The predicted octanol–water partition coefficient (Wildman–Crippen LogP) is 1.47. The number of carbonyl (C=O) groups is 1. The average Bonchev–Trinajstić information content (AvgIpc) is 2.69. The van der Waals surface area contributed by atoms with Crippen molar-refractivity contribution in [2.45, 2.75) is 35.4 Å². The van der Waals surface area contributed by atoms with E-state index in [0.717, 1.165) is 4.34 Å². The molecule has 90 valence electrons. The molecule has 2 N–H and O–H groups in total. The zero-order chi connectivity index (χ0) is 12.2. The summed E-state index contributed by atoms with van der Waals surface area (Å²) < 4.78 is 0.872. The van der Waals surface area contributed by atoms with Crippen molar-refractivity contribution in [2.75, 3.05) is 7.05 Å². The molecular formula is C9H15N3O2S2. The summed E-state index contributed by atoms with van der Waals surface area (Å²) in [5, 5.41) is 19.8. The van der Waals surface area contributed by atoms with E-state index in [1.807, 2.05) is 6.92 Å². The molecule has 0 spiro atoms. The van der Waals surface area contributed by atoms with Crippen LogP contribution >= 0.6 is 23.1 Å². The highest BCUT2D eigenvalue weighted by Gasteiger charge is 2.33. The third-order valence-electron chi connectivity index (χ3n) is 2.36. The first-order valence-corrected chi connectivity index (χ1v) is 6.59. The summed E-state index contributed by atoms with van der Waals surface area (Å²) in [6, 6.07) is 0. The molecule has 1 heterocycles. The SMILES string of the molecule is CNC(C)(CC(C)Sc1nncs1)C(=O)O. The number of aromatic nitrogens is 2. The topological polar surface area (TPSA) is 75.1 Å². The van der Waals surface area contributed by atoms with E-state index in [2.05, 4.69) is 15.5 Å². The van der Waals surface area contributed by atoms with Crippen LogP contribution in [0.5, 0.6) is 0 Å². The van der Waals surface area contributed by atoms with Gasteiger partial charge in [0, 0.05) is 5.25 Å². The molecule has 0 saturated carbocycles. The number of aliphatic carboxylic acids is 1. The van der Waals surface area contributed by atoms with Gasteiger partial charge in [-0.15, -0.1) is 10.2 Å². The van der Waals surface area contributed by atoms with Gasteiger partial charge in [-0.2, -0.15) is 0 Å². The van der Waals surface area contributed by atoms with Crippen molar-refractivity contribution in [1.29, 1.82) is 0 Å². The van der Waals surface area contributed by atoms with E-state index >= 15 is 0 Å². The largest absolute Gasteiger partial charge is 0.480 e. The highest BCUT2D eigenvalue weighted by Crippen LogP contribution is 2.29. The normalized spacial score (nSPS) is 16.7. The van der Waals surface area contributed by atoms with Crippen LogP contribution in [0.15, 0.2) is 9.85 Å². The summed E-state index contributed by atoms with van der Waals surface area (Å²) in [7, 11) is 1.66. The van der Waals surface area contributed by atoms with E-state index in [4.69, 9.17) is 5.11 Å². The van der Waals surface area contributed by atoms with Crippen LogP contribution in [0, 0.1) is 0 Å². The van der Waals surface area contributed by atoms with Gasteiger partial charge in [0.05, 0.1) is 0 Å². The van der Waals surface area contributed by atoms with Crippen molar-refractivity contribution < 1.29 is 9.90 Å². The number of rotatable bonds is 6. The molecule has 5 nitrogen and oxygen atoms in total. The van der Waals surface area contributed by atoms with Gasteiger partial charge in [-0.1, -0.05) is 30.0 Å². The summed E-state index contributed by atoms with van der Waals surface area (Å²) in [6.07, 6.45) is 0.531. The number of carboxylic acid groups (broad SMARTS) is 1. The van der Waals surface area contributed by atoms with Crippen LogP contribution < -0.4 is 5.32 Å². The summed E-state index contributed by atoms with van der Waals surface area (Å²) >= 11 is 3.02. The smallest absolute Gasteiger partial charge is 0.323 e. The molecular weight excluding hydrogens is 246 g/mol. The average molecular weight is 261 g/mol. The van der Waals surface area contributed by atoms with Crippen LogP contribution in [0.4, 0.5) is 0 Å². The molecule has 0 aliphatic heterocycles. The van der Waals surface area contributed by atoms with Gasteiger partial charge >= 0.3 is 5.97 Å². The van der Waals surface area contributed by atoms with Gasteiger partial charge in [0.2, 0.25) is 0 Å². The lowest BCUT2D eigenvalue weighted by molar-refractivity contribution is -0.144. The molecule has 7 heteroatoms. The second-order valence-electron chi connectivity index (χ2n) is 3.72. The summed E-state index contributed by atoms with van der Waals surface area (Å²) in [5.41, 5.74) is 0.778. The molecule has 2 atom stereocenters. The molecule has 0 saturated heterocycles. The third kappa shape index (κ3) is 3.43. The van der Waals surface area contributed by atoms with Gasteiger partial charge in [-0.3, -0.25) is 4.79 Å². The molecule has 0 bridgehead atoms. The Balaban J connectivity index is 2.56. The van der Waals surface area contributed by atoms with E-state index < -0.39 is 11.5 Å². The standard InChI is InChI=1S/C9H15N3O2S2/c1-6(16-8-12-11-5-15-8)4-9(2,10-3)7(13)14/h5-6,10H,4H2,1-3H3,(H,13,14). The summed E-state index contributed by atoms with van der Waals surface area (Å²) in [5.74, 6) is -0.834. The Kier molecular flexibility index (Phi) is 4.69. The molecule has 0 radical (unpaired) electrons. The number of carboxylic acids is 1. The Hall–Kier alpha value is -0.660. The molecule has 0 aliphatic carbocycles. The minimum absolute atomic E-state index is 0.168. The first-order chi connectivity index (χ1) is 7.48. The second-order valence-corrected chi connectivity index (χ2v) is 6.24. The van der Waals surface area contributed by atoms with Crippen LogP contribution in [0.2, 0.25) is 0 Å². The minimum atomic E-state index is -0.892. The fourth-order valence-electron chi connectivity index (χ4n) is 1.30. The van der Waals surface area contributed by atoms with Crippen LogP contribution in [-0.4, -0.2) is 39.1 Å². The van der Waals surface area contributed by atoms with Crippen molar-refractivity contribution >= 4 is 29.1 Å². The fourth-order valence-corrected chi connectivity index (χ4v) is 3.28. The van der Waals surface area contributed by atoms with Gasteiger partial charge in [-0.25, -0.2) is 0 Å². The first-order valence-electron chi connectivity index (χ1n) is 4.83. The Labute approximate surface area is 103 Å². The van der Waals surface area contributed by atoms with Crippen LogP contribution in [0.3, 0.4) is 0 Å². The van der Waals surface area contributed by atoms with E-state index in [9.17, 15) is 4.79 Å². The highest BCUT2D eigenvalue weighted by atomic mass is 32.2. The van der Waals surface area contributed by atoms with Gasteiger partial charge in [-0.05, 0) is 20.4 Å². The highest BCUT2D eigenvalue weighted by molar-refractivity contribution is 8.01. The molecule has 0 amide bonds. The van der Waals surface area contributed by atoms with E-state index in [0.29, 0.717) is 6.42 Å². The van der Waals surface area contributed by atoms with Crippen LogP contribution in [-0.2, 0) is 4.79 Å². The minimum Gasteiger partial charge on any atom is -0.480 e. The Morgan fingerprint density at radius 3 is 2.94 bits per heavy atom. The maximum atomic E-state index is 11.1. The summed E-state index contributed by atoms with van der Waals surface area (Å²) in [6.45, 7) is 3.68. The van der Waals surface area contributed by atoms with Gasteiger partial charge in [0.15, 0.2) is 4.34 Å². The molecule has 1 aromatic rings. The number of nitrogens with zero attached hydrogens (tertiary/aromatic N) is 2. The molecule has 1 aromatic heterocycles. The lowest BCUT2D eigenvalue weighted by atomic mass is 9.97. The fraction of sp³-hybridized carbons (Fsp3) is 0.667. The predicted molar refractivity (Wildman–Crippen MR) is 64.9 cm³/mol. The van der Waals surface area contributed by atoms with Gasteiger partial charge < -0.3 is 10.4 Å². The summed E-state index contributed by atoms with van der Waals surface area (Å²) in [4.78, 5) is 11.1. The van der Waals surface area contributed by atoms with E-state index in [-0.39, 0.29) is 5.25 Å². The molecule has 0 fully saturated rings. The molecule has 0 aliphatic rings. The number of thioether (sulfide) groups is 1. The van der Waals surface area contributed by atoms with Crippen molar-refractivity contribution in [2.24, 2.45) is 0 Å². The molecule has 1 rings (SSSR count). The zero-order valence-electron chi connectivity index (χ0n) is 9.43. The van der Waals surface area contributed by atoms with Gasteiger partial charge in [0.1, 0.15) is 11.0 Å². The lowest BCUT2D eigenvalue weighted by Gasteiger charge is -2.26. The Morgan fingerprint density at radius 2 is 2.50 bits per heavy atom. The Bertz CT molecular complexity index is 345. The van der Waals surface area contributed by atoms with Crippen LogP contribution in [0.1, 0.15) is 20.3 Å². The van der Waals surface area contributed by atoms with Crippen molar-refractivity contribution in [3.8, 4) is 0 Å². The second kappa shape index (κ2) is 5.60. The number of likely N-dealkylation sites (N-methyl/N-ethyl adjacent to an activating group) is 1. The number of hydrogen-bond acceptors (Lipinski definition) is 6. The third-order valence-corrected chi connectivity index (χ3v) is 4.27. The monoisotopic (exact) mass is 261 g/mol. The van der Waals surface area contributed by atoms with Crippen molar-refractivity contribution in [3.05, 3.63) is 5.51 Å². The number of hydrogen-bond donors (Lipinski definition) is 2. The maximum absolute atomic E-state index is 11.1. The number of nitrogens with one attached hydrogen (secondary N) is 1. The van der Waals surface area contributed by atoms with Crippen molar-refractivity contribution in [1.82, 2.24) is 15.5 Å². The molecule has 2 unspecified atom stereocenters. The zero-order valence-corrected chi connectivity index (χ0v) is 11.1. The van der Waals surface area contributed by atoms with Crippen molar-refractivity contribution in [3.63, 3.8) is 0 Å². The lowest BCUT2D eigenvalue weighted by Crippen LogP contribution is -2.49. The quantitative estimate of drug-likeness (QED) is 0.755.